The lowest BCUT2D eigenvalue weighted by atomic mass is 10.2. The van der Waals surface area contributed by atoms with E-state index in [-0.39, 0.29) is 18.2 Å². The predicted octanol–water partition coefficient (Wildman–Crippen LogP) is 2.00. The van der Waals surface area contributed by atoms with Crippen LogP contribution in [0.5, 0.6) is 5.75 Å². The minimum atomic E-state index is 0.0570. The third kappa shape index (κ3) is 3.89. The second-order valence-electron chi connectivity index (χ2n) is 3.92. The molecule has 18 heavy (non-hydrogen) atoms. The first kappa shape index (κ1) is 14.8. The van der Waals surface area contributed by atoms with E-state index in [1.807, 2.05) is 13.8 Å². The normalized spacial score (nSPS) is 10.4. The number of phenolic OH excluding ortho intramolecular Hbond substituents is 1. The molecule has 0 radical (unpaired) electrons. The maximum Gasteiger partial charge on any atom is 0.236 e. The quantitative estimate of drug-likeness (QED) is 0.831. The van der Waals surface area contributed by atoms with Crippen LogP contribution in [0.4, 0.5) is 0 Å². The van der Waals surface area contributed by atoms with Crippen molar-refractivity contribution in [2.75, 3.05) is 19.6 Å². The van der Waals surface area contributed by atoms with E-state index in [2.05, 4.69) is 5.32 Å². The first-order valence-corrected chi connectivity index (χ1v) is 6.42. The summed E-state index contributed by atoms with van der Waals surface area (Å²) in [4.78, 5) is 13.5. The lowest BCUT2D eigenvalue weighted by molar-refractivity contribution is -0.129. The molecule has 4 nitrogen and oxygen atoms in total. The zero-order valence-corrected chi connectivity index (χ0v) is 11.5. The summed E-state index contributed by atoms with van der Waals surface area (Å²) in [6.45, 7) is 5.99. The van der Waals surface area contributed by atoms with Crippen LogP contribution in [0.25, 0.3) is 0 Å². The van der Waals surface area contributed by atoms with E-state index < -0.39 is 0 Å². The molecule has 100 valence electrons. The molecule has 0 bridgehead atoms. The van der Waals surface area contributed by atoms with Crippen molar-refractivity contribution in [3.63, 3.8) is 0 Å². The summed E-state index contributed by atoms with van der Waals surface area (Å²) in [6, 6.07) is 5.17. The fraction of sp³-hybridized carbons (Fsp3) is 0.462. The summed E-state index contributed by atoms with van der Waals surface area (Å²) in [5.41, 5.74) is 0.690. The van der Waals surface area contributed by atoms with Crippen LogP contribution in [0.15, 0.2) is 18.2 Å². The van der Waals surface area contributed by atoms with Gasteiger partial charge in [0.05, 0.1) is 11.6 Å². The molecule has 1 rings (SSSR count). The van der Waals surface area contributed by atoms with Crippen molar-refractivity contribution < 1.29 is 9.90 Å². The molecule has 5 heteroatoms. The number of amides is 1. The number of hydrogen-bond acceptors (Lipinski definition) is 3. The van der Waals surface area contributed by atoms with Crippen molar-refractivity contribution in [2.24, 2.45) is 0 Å². The Hall–Kier alpha value is -1.26. The summed E-state index contributed by atoms with van der Waals surface area (Å²) >= 11 is 5.80. The van der Waals surface area contributed by atoms with Crippen molar-refractivity contribution in [3.8, 4) is 5.75 Å². The van der Waals surface area contributed by atoms with Gasteiger partial charge in [-0.05, 0) is 19.9 Å². The lowest BCUT2D eigenvalue weighted by Gasteiger charge is -2.18. The smallest absolute Gasteiger partial charge is 0.236 e. The maximum atomic E-state index is 11.7. The number of carbonyl (C=O) groups excluding carboxylic acids is 1. The monoisotopic (exact) mass is 270 g/mol. The first-order chi connectivity index (χ1) is 8.60. The highest BCUT2D eigenvalue weighted by molar-refractivity contribution is 6.32. The number of carbonyl (C=O) groups is 1. The lowest BCUT2D eigenvalue weighted by Crippen LogP contribution is -2.37. The number of rotatable bonds is 6. The molecule has 0 heterocycles. The molecule has 1 aromatic carbocycles. The average Bonchev–Trinajstić information content (AvgIpc) is 2.36. The second kappa shape index (κ2) is 7.24. The standard InChI is InChI=1S/C13H19ClN2O2/c1-3-16(4-2)12(17)9-15-8-10-6-5-7-11(14)13(10)18/h5-7,15,18H,3-4,8-9H2,1-2H3. The van der Waals surface area contributed by atoms with Gasteiger partial charge < -0.3 is 15.3 Å². The molecule has 0 aliphatic heterocycles. The summed E-state index contributed by atoms with van der Waals surface area (Å²) in [5, 5.41) is 13.0. The van der Waals surface area contributed by atoms with Crippen LogP contribution in [-0.2, 0) is 11.3 Å². The molecule has 1 amide bonds. The van der Waals surface area contributed by atoms with Crippen molar-refractivity contribution in [2.45, 2.75) is 20.4 Å². The molecule has 0 aliphatic carbocycles. The molecule has 0 saturated carbocycles. The number of phenols is 1. The minimum Gasteiger partial charge on any atom is -0.506 e. The van der Waals surface area contributed by atoms with E-state index in [0.29, 0.717) is 30.2 Å². The Labute approximate surface area is 113 Å². The van der Waals surface area contributed by atoms with Gasteiger partial charge in [-0.2, -0.15) is 0 Å². The van der Waals surface area contributed by atoms with Gasteiger partial charge in [-0.3, -0.25) is 4.79 Å². The topological polar surface area (TPSA) is 52.6 Å². The third-order valence-electron chi connectivity index (χ3n) is 2.78. The van der Waals surface area contributed by atoms with Gasteiger partial charge >= 0.3 is 0 Å². The molecule has 0 saturated heterocycles. The SMILES string of the molecule is CCN(CC)C(=O)CNCc1cccc(Cl)c1O. The summed E-state index contributed by atoms with van der Waals surface area (Å²) in [5.74, 6) is 0.128. The zero-order chi connectivity index (χ0) is 13.5. The number of aromatic hydroxyl groups is 1. The van der Waals surface area contributed by atoms with Gasteiger partial charge in [0.1, 0.15) is 5.75 Å². The number of nitrogens with zero attached hydrogens (tertiary/aromatic N) is 1. The Kier molecular flexibility index (Phi) is 5.95. The Bertz CT molecular complexity index is 406. The number of hydrogen-bond donors (Lipinski definition) is 2. The van der Waals surface area contributed by atoms with Crippen molar-refractivity contribution in [3.05, 3.63) is 28.8 Å². The highest BCUT2D eigenvalue weighted by atomic mass is 35.5. The van der Waals surface area contributed by atoms with Crippen LogP contribution in [0.3, 0.4) is 0 Å². The van der Waals surface area contributed by atoms with E-state index in [9.17, 15) is 9.90 Å². The number of likely N-dealkylation sites (N-methyl/N-ethyl adjacent to an activating group) is 1. The maximum absolute atomic E-state index is 11.7. The van der Waals surface area contributed by atoms with E-state index in [4.69, 9.17) is 11.6 Å². The first-order valence-electron chi connectivity index (χ1n) is 6.05. The highest BCUT2D eigenvalue weighted by Crippen LogP contribution is 2.26. The van der Waals surface area contributed by atoms with Gasteiger partial charge in [-0.1, -0.05) is 23.7 Å². The summed E-state index contributed by atoms with van der Waals surface area (Å²) in [6.07, 6.45) is 0. The molecule has 0 fully saturated rings. The molecular formula is C13H19ClN2O2. The fourth-order valence-corrected chi connectivity index (χ4v) is 1.89. The van der Waals surface area contributed by atoms with Crippen molar-refractivity contribution >= 4 is 17.5 Å². The van der Waals surface area contributed by atoms with E-state index in [1.54, 1.807) is 23.1 Å². The van der Waals surface area contributed by atoms with E-state index >= 15 is 0 Å². The Morgan fingerprint density at radius 3 is 2.67 bits per heavy atom. The summed E-state index contributed by atoms with van der Waals surface area (Å²) < 4.78 is 0. The Morgan fingerprint density at radius 2 is 2.06 bits per heavy atom. The molecule has 0 unspecified atom stereocenters. The van der Waals surface area contributed by atoms with Gasteiger partial charge in [0.25, 0.3) is 0 Å². The number of benzene rings is 1. The summed E-state index contributed by atoms with van der Waals surface area (Å²) in [7, 11) is 0. The fourth-order valence-electron chi connectivity index (χ4n) is 1.69. The van der Waals surface area contributed by atoms with Gasteiger partial charge in [0, 0.05) is 25.2 Å². The third-order valence-corrected chi connectivity index (χ3v) is 3.08. The highest BCUT2D eigenvalue weighted by Gasteiger charge is 2.09. The van der Waals surface area contributed by atoms with Crippen LogP contribution in [0, 0.1) is 0 Å². The molecule has 0 atom stereocenters. The molecule has 2 N–H and O–H groups in total. The van der Waals surface area contributed by atoms with Gasteiger partial charge in [0.15, 0.2) is 0 Å². The van der Waals surface area contributed by atoms with Crippen LogP contribution in [-0.4, -0.2) is 35.5 Å². The van der Waals surface area contributed by atoms with Crippen molar-refractivity contribution in [1.82, 2.24) is 10.2 Å². The molecule has 1 aromatic rings. The number of nitrogens with one attached hydrogen (secondary N) is 1. The van der Waals surface area contributed by atoms with Crippen molar-refractivity contribution in [1.29, 1.82) is 0 Å². The molecular weight excluding hydrogens is 252 g/mol. The number of para-hydroxylation sites is 1. The van der Waals surface area contributed by atoms with Crippen LogP contribution >= 0.6 is 11.6 Å². The van der Waals surface area contributed by atoms with Crippen LogP contribution in [0.1, 0.15) is 19.4 Å². The zero-order valence-electron chi connectivity index (χ0n) is 10.7. The Balaban J connectivity index is 2.47. The Morgan fingerprint density at radius 1 is 1.39 bits per heavy atom. The second-order valence-corrected chi connectivity index (χ2v) is 4.32. The molecule has 0 aromatic heterocycles. The van der Waals surface area contributed by atoms with E-state index in [1.165, 1.54) is 0 Å². The van der Waals surface area contributed by atoms with Gasteiger partial charge in [-0.25, -0.2) is 0 Å². The van der Waals surface area contributed by atoms with E-state index in [0.717, 1.165) is 0 Å². The average molecular weight is 271 g/mol. The number of halogens is 1. The van der Waals surface area contributed by atoms with Crippen LogP contribution in [0.2, 0.25) is 5.02 Å². The predicted molar refractivity (Wildman–Crippen MR) is 72.8 cm³/mol. The largest absolute Gasteiger partial charge is 0.506 e. The minimum absolute atomic E-state index is 0.0570. The molecule has 0 aliphatic rings. The van der Waals surface area contributed by atoms with Crippen LogP contribution < -0.4 is 5.32 Å². The van der Waals surface area contributed by atoms with Gasteiger partial charge in [-0.15, -0.1) is 0 Å². The van der Waals surface area contributed by atoms with Gasteiger partial charge in [0.2, 0.25) is 5.91 Å². The molecule has 0 spiro atoms.